The Balaban J connectivity index is 2.20. The van der Waals surface area contributed by atoms with E-state index in [1.165, 1.54) is 0 Å². The Hall–Kier alpha value is -2.36. The van der Waals surface area contributed by atoms with Crippen molar-refractivity contribution in [2.45, 2.75) is 0 Å². The molecular weight excluding hydrogens is 214 g/mol. The lowest BCUT2D eigenvalue weighted by molar-refractivity contribution is 0.416. The van der Waals surface area contributed by atoms with Crippen molar-refractivity contribution in [2.75, 3.05) is 7.11 Å². The van der Waals surface area contributed by atoms with E-state index < -0.39 is 0 Å². The van der Waals surface area contributed by atoms with Gasteiger partial charge in [-0.15, -0.1) is 5.10 Å². The molecule has 0 aliphatic heterocycles. The lowest BCUT2D eigenvalue weighted by atomic mass is 10.2. The second kappa shape index (κ2) is 3.90. The molecule has 84 valence electrons. The highest BCUT2D eigenvalue weighted by atomic mass is 16.5. The molecule has 4 heteroatoms. The molecule has 0 aliphatic carbocycles. The van der Waals surface area contributed by atoms with Gasteiger partial charge in [-0.25, -0.2) is 9.50 Å². The van der Waals surface area contributed by atoms with Crippen molar-refractivity contribution in [1.82, 2.24) is 14.6 Å². The van der Waals surface area contributed by atoms with Gasteiger partial charge in [0.05, 0.1) is 7.11 Å². The minimum absolute atomic E-state index is 0.704. The molecular formula is C13H11N3O. The average Bonchev–Trinajstić information content (AvgIpc) is 2.83. The van der Waals surface area contributed by atoms with Gasteiger partial charge in [-0.05, 0) is 12.1 Å². The van der Waals surface area contributed by atoms with Crippen molar-refractivity contribution in [3.63, 3.8) is 0 Å². The Morgan fingerprint density at radius 2 is 1.88 bits per heavy atom. The summed E-state index contributed by atoms with van der Waals surface area (Å²) in [6, 6.07) is 13.6. The fraction of sp³-hybridized carbons (Fsp3) is 0.0769. The molecule has 0 N–H and O–H groups in total. The van der Waals surface area contributed by atoms with Crippen LogP contribution in [0.15, 0.2) is 48.7 Å². The van der Waals surface area contributed by atoms with Crippen LogP contribution in [0.2, 0.25) is 0 Å². The molecule has 4 nitrogen and oxygen atoms in total. The zero-order valence-electron chi connectivity index (χ0n) is 9.37. The first-order chi connectivity index (χ1) is 8.38. The van der Waals surface area contributed by atoms with Gasteiger partial charge < -0.3 is 4.74 Å². The third kappa shape index (κ3) is 1.63. The van der Waals surface area contributed by atoms with Gasteiger partial charge in [0, 0.05) is 11.8 Å². The molecule has 1 aromatic carbocycles. The summed E-state index contributed by atoms with van der Waals surface area (Å²) in [7, 11) is 1.63. The number of fused-ring (bicyclic) bond motifs is 1. The monoisotopic (exact) mass is 225 g/mol. The van der Waals surface area contributed by atoms with Gasteiger partial charge in [-0.2, -0.15) is 0 Å². The highest BCUT2D eigenvalue weighted by Crippen LogP contribution is 2.21. The number of benzene rings is 1. The second-order valence-corrected chi connectivity index (χ2v) is 3.65. The number of nitrogens with zero attached hydrogens (tertiary/aromatic N) is 3. The summed E-state index contributed by atoms with van der Waals surface area (Å²) in [6.45, 7) is 0. The smallest absolute Gasteiger partial charge is 0.198 e. The van der Waals surface area contributed by atoms with Crippen LogP contribution in [0.3, 0.4) is 0 Å². The number of pyridine rings is 1. The second-order valence-electron chi connectivity index (χ2n) is 3.65. The molecule has 0 aliphatic rings. The molecule has 0 unspecified atom stereocenters. The quantitative estimate of drug-likeness (QED) is 0.672. The van der Waals surface area contributed by atoms with E-state index in [-0.39, 0.29) is 0 Å². The molecule has 2 aromatic heterocycles. The summed E-state index contributed by atoms with van der Waals surface area (Å²) in [4.78, 5) is 4.48. The van der Waals surface area contributed by atoms with Crippen LogP contribution in [0, 0.1) is 0 Å². The Kier molecular flexibility index (Phi) is 2.26. The molecule has 0 fully saturated rings. The van der Waals surface area contributed by atoms with E-state index in [9.17, 15) is 0 Å². The van der Waals surface area contributed by atoms with E-state index in [0.29, 0.717) is 5.82 Å². The summed E-state index contributed by atoms with van der Waals surface area (Å²) in [5, 5.41) is 4.42. The van der Waals surface area contributed by atoms with Crippen molar-refractivity contribution in [3.05, 3.63) is 48.7 Å². The summed E-state index contributed by atoms with van der Waals surface area (Å²) in [5.74, 6) is 1.43. The van der Waals surface area contributed by atoms with Gasteiger partial charge in [-0.1, -0.05) is 30.3 Å². The molecule has 0 bridgehead atoms. The number of methoxy groups -OCH3 is 1. The molecule has 0 radical (unpaired) electrons. The summed E-state index contributed by atoms with van der Waals surface area (Å²) in [6.07, 6.45) is 1.86. The van der Waals surface area contributed by atoms with E-state index in [0.717, 1.165) is 17.0 Å². The largest absolute Gasteiger partial charge is 0.493 e. The Bertz CT molecular complexity index is 646. The molecule has 0 amide bonds. The number of hydrogen-bond donors (Lipinski definition) is 0. The minimum atomic E-state index is 0.704. The first kappa shape index (κ1) is 9.84. The highest BCUT2D eigenvalue weighted by molar-refractivity contribution is 5.61. The standard InChI is InChI=1S/C13H11N3O/c1-17-11-8-5-9-16-13(11)14-12(15-16)10-6-3-2-4-7-10/h2-9H,1H3. The lowest BCUT2D eigenvalue weighted by Gasteiger charge is -1.98. The van der Waals surface area contributed by atoms with Gasteiger partial charge in [0.15, 0.2) is 17.2 Å². The van der Waals surface area contributed by atoms with Crippen molar-refractivity contribution < 1.29 is 4.74 Å². The Morgan fingerprint density at radius 1 is 1.06 bits per heavy atom. The maximum atomic E-state index is 5.25. The van der Waals surface area contributed by atoms with Crippen molar-refractivity contribution in [2.24, 2.45) is 0 Å². The van der Waals surface area contributed by atoms with E-state index in [1.54, 1.807) is 11.6 Å². The van der Waals surface area contributed by atoms with E-state index in [1.807, 2.05) is 48.7 Å². The summed E-state index contributed by atoms with van der Waals surface area (Å²) in [5.41, 5.74) is 1.73. The zero-order valence-corrected chi connectivity index (χ0v) is 9.37. The number of aromatic nitrogens is 3. The molecule has 0 saturated heterocycles. The average molecular weight is 225 g/mol. The zero-order chi connectivity index (χ0) is 11.7. The van der Waals surface area contributed by atoms with Crippen LogP contribution in [0.25, 0.3) is 17.0 Å². The number of rotatable bonds is 2. The SMILES string of the molecule is COc1cccn2nc(-c3ccccc3)nc12. The number of ether oxygens (including phenoxy) is 1. The van der Waals surface area contributed by atoms with Crippen molar-refractivity contribution in [1.29, 1.82) is 0 Å². The van der Waals surface area contributed by atoms with Crippen LogP contribution < -0.4 is 4.74 Å². The fourth-order valence-corrected chi connectivity index (χ4v) is 1.75. The number of hydrogen-bond acceptors (Lipinski definition) is 3. The van der Waals surface area contributed by atoms with Gasteiger partial charge in [0.2, 0.25) is 0 Å². The summed E-state index contributed by atoms with van der Waals surface area (Å²) >= 11 is 0. The molecule has 0 spiro atoms. The van der Waals surface area contributed by atoms with Crippen LogP contribution in [-0.4, -0.2) is 21.7 Å². The van der Waals surface area contributed by atoms with Crippen molar-refractivity contribution >= 4 is 5.65 Å². The van der Waals surface area contributed by atoms with Gasteiger partial charge in [0.25, 0.3) is 0 Å². The van der Waals surface area contributed by atoms with Crippen LogP contribution in [0.4, 0.5) is 0 Å². The Labute approximate surface area is 98.5 Å². The van der Waals surface area contributed by atoms with Crippen LogP contribution in [0.1, 0.15) is 0 Å². The van der Waals surface area contributed by atoms with Crippen molar-refractivity contribution in [3.8, 4) is 17.1 Å². The topological polar surface area (TPSA) is 39.4 Å². The third-order valence-electron chi connectivity index (χ3n) is 2.58. The molecule has 0 atom stereocenters. The molecule has 0 saturated carbocycles. The van der Waals surface area contributed by atoms with E-state index in [4.69, 9.17) is 4.74 Å². The Morgan fingerprint density at radius 3 is 2.65 bits per heavy atom. The predicted octanol–water partition coefficient (Wildman–Crippen LogP) is 2.40. The molecule has 17 heavy (non-hydrogen) atoms. The van der Waals surface area contributed by atoms with Crippen LogP contribution in [0.5, 0.6) is 5.75 Å². The van der Waals surface area contributed by atoms with Gasteiger partial charge >= 0.3 is 0 Å². The normalized spacial score (nSPS) is 10.6. The maximum Gasteiger partial charge on any atom is 0.198 e. The molecule has 3 rings (SSSR count). The van der Waals surface area contributed by atoms with E-state index >= 15 is 0 Å². The van der Waals surface area contributed by atoms with Gasteiger partial charge in [-0.3, -0.25) is 0 Å². The lowest BCUT2D eigenvalue weighted by Crippen LogP contribution is -1.90. The van der Waals surface area contributed by atoms with Gasteiger partial charge in [0.1, 0.15) is 0 Å². The summed E-state index contributed by atoms with van der Waals surface area (Å²) < 4.78 is 6.98. The molecule has 2 heterocycles. The minimum Gasteiger partial charge on any atom is -0.493 e. The third-order valence-corrected chi connectivity index (χ3v) is 2.58. The van der Waals surface area contributed by atoms with Crippen LogP contribution >= 0.6 is 0 Å². The van der Waals surface area contributed by atoms with Crippen LogP contribution in [-0.2, 0) is 0 Å². The molecule has 3 aromatic rings. The first-order valence-electron chi connectivity index (χ1n) is 5.33. The maximum absolute atomic E-state index is 5.25. The predicted molar refractivity (Wildman–Crippen MR) is 65.0 cm³/mol. The van der Waals surface area contributed by atoms with E-state index in [2.05, 4.69) is 10.1 Å². The first-order valence-corrected chi connectivity index (χ1v) is 5.33. The fourth-order valence-electron chi connectivity index (χ4n) is 1.75. The highest BCUT2D eigenvalue weighted by Gasteiger charge is 2.08.